The van der Waals surface area contributed by atoms with E-state index in [-0.39, 0.29) is 24.0 Å². The number of nitrogens with zero attached hydrogens (tertiary/aromatic N) is 2. The van der Waals surface area contributed by atoms with Gasteiger partial charge in [0.05, 0.1) is 5.01 Å². The average molecular weight is 450 g/mol. The molecule has 132 valence electrons. The van der Waals surface area contributed by atoms with E-state index >= 15 is 0 Å². The smallest absolute Gasteiger partial charge is 0.191 e. The van der Waals surface area contributed by atoms with Gasteiger partial charge in [-0.15, -0.1) is 35.3 Å². The summed E-state index contributed by atoms with van der Waals surface area (Å²) in [6.45, 7) is 8.24. The van der Waals surface area contributed by atoms with Crippen LogP contribution < -0.4 is 10.6 Å². The Hall–Kier alpha value is -0.370. The Morgan fingerprint density at radius 3 is 2.87 bits per heavy atom. The summed E-state index contributed by atoms with van der Waals surface area (Å²) >= 11 is 1.77. The maximum absolute atomic E-state index is 4.72. The zero-order chi connectivity index (χ0) is 15.8. The summed E-state index contributed by atoms with van der Waals surface area (Å²) in [6, 6.07) is 0.582. The van der Waals surface area contributed by atoms with Crippen LogP contribution in [0, 0.1) is 12.8 Å². The predicted octanol–water partition coefficient (Wildman–Crippen LogP) is 4.14. The standard InChI is InChI=1S/C17H30N4S.HI/c1-4-14-7-6-8-15(11-14)21-17(18-5-2)19-10-9-16-20-12-13(3)22-16;/h12,14-15H,4-11H2,1-3H3,(H2,18,19,21);1H. The number of guanidine groups is 1. The molecule has 2 rings (SSSR count). The number of rotatable bonds is 6. The van der Waals surface area contributed by atoms with Gasteiger partial charge in [0.25, 0.3) is 0 Å². The largest absolute Gasteiger partial charge is 0.357 e. The lowest BCUT2D eigenvalue weighted by molar-refractivity contribution is 0.298. The summed E-state index contributed by atoms with van der Waals surface area (Å²) in [4.78, 5) is 10.4. The highest BCUT2D eigenvalue weighted by Gasteiger charge is 2.21. The van der Waals surface area contributed by atoms with Crippen molar-refractivity contribution in [3.8, 4) is 0 Å². The maximum Gasteiger partial charge on any atom is 0.191 e. The molecule has 2 unspecified atom stereocenters. The molecule has 0 amide bonds. The maximum atomic E-state index is 4.72. The summed E-state index contributed by atoms with van der Waals surface area (Å²) in [5, 5.41) is 8.19. The molecule has 0 saturated heterocycles. The number of aryl methyl sites for hydroxylation is 1. The second-order valence-electron chi connectivity index (χ2n) is 6.16. The molecule has 0 spiro atoms. The SMILES string of the molecule is CCNC(=NCCc1ncc(C)s1)NC1CCCC(CC)C1.I. The van der Waals surface area contributed by atoms with Gasteiger partial charge in [0, 0.05) is 36.6 Å². The number of thiazole rings is 1. The van der Waals surface area contributed by atoms with Gasteiger partial charge in [0.1, 0.15) is 0 Å². The first-order chi connectivity index (χ1) is 10.7. The molecular formula is C17H31IN4S. The van der Waals surface area contributed by atoms with Crippen molar-refractivity contribution in [1.29, 1.82) is 0 Å². The van der Waals surface area contributed by atoms with Crippen molar-refractivity contribution in [3.63, 3.8) is 0 Å². The molecule has 6 heteroatoms. The number of aliphatic imine (C=N–C) groups is 1. The van der Waals surface area contributed by atoms with Gasteiger partial charge in [-0.25, -0.2) is 4.98 Å². The summed E-state index contributed by atoms with van der Waals surface area (Å²) in [6.07, 6.45) is 9.46. The Morgan fingerprint density at radius 1 is 1.39 bits per heavy atom. The first-order valence-electron chi connectivity index (χ1n) is 8.67. The van der Waals surface area contributed by atoms with Crippen molar-refractivity contribution in [3.05, 3.63) is 16.1 Å². The Labute approximate surface area is 162 Å². The molecule has 0 bridgehead atoms. The van der Waals surface area contributed by atoms with Crippen LogP contribution in [0.5, 0.6) is 0 Å². The molecule has 2 atom stereocenters. The second-order valence-corrected chi connectivity index (χ2v) is 7.48. The number of aromatic nitrogens is 1. The highest BCUT2D eigenvalue weighted by atomic mass is 127. The van der Waals surface area contributed by atoms with E-state index in [0.29, 0.717) is 6.04 Å². The highest BCUT2D eigenvalue weighted by Crippen LogP contribution is 2.26. The molecule has 4 nitrogen and oxygen atoms in total. The molecule has 0 aliphatic heterocycles. The molecule has 1 saturated carbocycles. The topological polar surface area (TPSA) is 49.3 Å². The Kier molecular flexibility index (Phi) is 10.1. The first-order valence-corrected chi connectivity index (χ1v) is 9.49. The first kappa shape index (κ1) is 20.7. The third-order valence-electron chi connectivity index (χ3n) is 4.31. The molecule has 1 fully saturated rings. The predicted molar refractivity (Wildman–Crippen MR) is 111 cm³/mol. The second kappa shape index (κ2) is 11.2. The minimum absolute atomic E-state index is 0. The minimum Gasteiger partial charge on any atom is -0.357 e. The van der Waals surface area contributed by atoms with E-state index in [2.05, 4.69) is 36.4 Å². The van der Waals surface area contributed by atoms with Crippen LogP contribution in [0.15, 0.2) is 11.2 Å². The van der Waals surface area contributed by atoms with Crippen LogP contribution in [0.25, 0.3) is 0 Å². The fourth-order valence-corrected chi connectivity index (χ4v) is 3.86. The number of hydrogen-bond acceptors (Lipinski definition) is 3. The van der Waals surface area contributed by atoms with E-state index in [9.17, 15) is 0 Å². The van der Waals surface area contributed by atoms with Gasteiger partial charge in [-0.1, -0.05) is 26.2 Å². The molecule has 2 N–H and O–H groups in total. The van der Waals surface area contributed by atoms with Gasteiger partial charge in [-0.2, -0.15) is 0 Å². The molecule has 1 aliphatic rings. The van der Waals surface area contributed by atoms with Crippen molar-refractivity contribution in [2.45, 2.75) is 65.3 Å². The van der Waals surface area contributed by atoms with E-state index in [4.69, 9.17) is 4.99 Å². The van der Waals surface area contributed by atoms with Crippen molar-refractivity contribution in [2.75, 3.05) is 13.1 Å². The van der Waals surface area contributed by atoms with Gasteiger partial charge in [-0.3, -0.25) is 4.99 Å². The van der Waals surface area contributed by atoms with Crippen LogP contribution in [0.3, 0.4) is 0 Å². The quantitative estimate of drug-likeness (QED) is 0.389. The van der Waals surface area contributed by atoms with Crippen molar-refractivity contribution >= 4 is 41.3 Å². The monoisotopic (exact) mass is 450 g/mol. The van der Waals surface area contributed by atoms with Gasteiger partial charge >= 0.3 is 0 Å². The van der Waals surface area contributed by atoms with E-state index in [1.807, 2.05) is 6.20 Å². The van der Waals surface area contributed by atoms with E-state index in [1.54, 1.807) is 11.3 Å². The molecule has 1 aliphatic carbocycles. The lowest BCUT2D eigenvalue weighted by Crippen LogP contribution is -2.45. The van der Waals surface area contributed by atoms with E-state index < -0.39 is 0 Å². The zero-order valence-electron chi connectivity index (χ0n) is 14.6. The lowest BCUT2D eigenvalue weighted by atomic mass is 9.84. The summed E-state index contributed by atoms with van der Waals surface area (Å²) in [5.41, 5.74) is 0. The normalized spacial score (nSPS) is 21.6. The Balaban J connectivity index is 0.00000264. The Bertz CT molecular complexity index is 475. The number of nitrogens with one attached hydrogen (secondary N) is 2. The van der Waals surface area contributed by atoms with Gasteiger partial charge in [-0.05, 0) is 32.6 Å². The van der Waals surface area contributed by atoms with Crippen LogP contribution in [0.4, 0.5) is 0 Å². The number of halogens is 1. The van der Waals surface area contributed by atoms with Gasteiger partial charge in [0.15, 0.2) is 5.96 Å². The third kappa shape index (κ3) is 7.37. The summed E-state index contributed by atoms with van der Waals surface area (Å²) < 4.78 is 0. The van der Waals surface area contributed by atoms with Crippen molar-refractivity contribution in [1.82, 2.24) is 15.6 Å². The van der Waals surface area contributed by atoms with Crippen LogP contribution in [-0.4, -0.2) is 30.1 Å². The van der Waals surface area contributed by atoms with Crippen LogP contribution >= 0.6 is 35.3 Å². The van der Waals surface area contributed by atoms with E-state index in [0.717, 1.165) is 31.4 Å². The molecule has 1 aromatic heterocycles. The molecule has 0 radical (unpaired) electrons. The van der Waals surface area contributed by atoms with E-state index in [1.165, 1.54) is 42.0 Å². The fourth-order valence-electron chi connectivity index (χ4n) is 3.09. The van der Waals surface area contributed by atoms with Gasteiger partial charge in [0.2, 0.25) is 0 Å². The molecule has 23 heavy (non-hydrogen) atoms. The molecular weight excluding hydrogens is 419 g/mol. The van der Waals surface area contributed by atoms with Crippen LogP contribution in [0.2, 0.25) is 0 Å². The van der Waals surface area contributed by atoms with Crippen molar-refractivity contribution in [2.24, 2.45) is 10.9 Å². The number of hydrogen-bond donors (Lipinski definition) is 2. The fraction of sp³-hybridized carbons (Fsp3) is 0.765. The van der Waals surface area contributed by atoms with Crippen molar-refractivity contribution < 1.29 is 0 Å². The zero-order valence-corrected chi connectivity index (χ0v) is 17.7. The summed E-state index contributed by atoms with van der Waals surface area (Å²) in [7, 11) is 0. The lowest BCUT2D eigenvalue weighted by Gasteiger charge is -2.30. The van der Waals surface area contributed by atoms with Gasteiger partial charge < -0.3 is 10.6 Å². The highest BCUT2D eigenvalue weighted by molar-refractivity contribution is 14.0. The third-order valence-corrected chi connectivity index (χ3v) is 5.28. The minimum atomic E-state index is 0. The van der Waals surface area contributed by atoms with Crippen LogP contribution in [-0.2, 0) is 6.42 Å². The molecule has 1 aromatic rings. The van der Waals surface area contributed by atoms with Crippen LogP contribution in [0.1, 0.15) is 55.8 Å². The molecule has 1 heterocycles. The Morgan fingerprint density at radius 2 is 2.22 bits per heavy atom. The molecule has 0 aromatic carbocycles. The summed E-state index contributed by atoms with van der Waals surface area (Å²) in [5.74, 6) is 1.85. The average Bonchev–Trinajstić information content (AvgIpc) is 2.93.